The fourth-order valence-corrected chi connectivity index (χ4v) is 5.53. The van der Waals surface area contributed by atoms with Gasteiger partial charge in [0.1, 0.15) is 5.82 Å². The molecule has 0 spiro atoms. The molecule has 1 aromatic rings. The molecule has 1 heterocycles. The minimum absolute atomic E-state index is 0.132. The van der Waals surface area contributed by atoms with Crippen LogP contribution >= 0.6 is 0 Å². The molecule has 1 saturated heterocycles. The molecule has 0 radical (unpaired) electrons. The van der Waals surface area contributed by atoms with Crippen LogP contribution in [-0.4, -0.2) is 53.6 Å². The highest BCUT2D eigenvalue weighted by atomic mass is 32.2. The van der Waals surface area contributed by atoms with Crippen LogP contribution in [0.1, 0.15) is 19.8 Å². The molecular weight excluding hydrogens is 369 g/mol. The van der Waals surface area contributed by atoms with Crippen LogP contribution in [-0.2, 0) is 20.0 Å². The number of hydrogen-bond donors (Lipinski definition) is 2. The monoisotopic (exact) mass is 393 g/mol. The number of sulfonamides is 2. The van der Waals surface area contributed by atoms with Crippen molar-refractivity contribution in [2.75, 3.05) is 37.2 Å². The molecule has 10 heteroatoms. The summed E-state index contributed by atoms with van der Waals surface area (Å²) in [6.45, 7) is 3.19. The van der Waals surface area contributed by atoms with Gasteiger partial charge in [0.2, 0.25) is 20.0 Å². The number of rotatable bonds is 8. The second-order valence-corrected chi connectivity index (χ2v) is 9.92. The summed E-state index contributed by atoms with van der Waals surface area (Å²) in [5.41, 5.74) is -0.248. The van der Waals surface area contributed by atoms with Gasteiger partial charge in [-0.25, -0.2) is 21.2 Å². The van der Waals surface area contributed by atoms with Gasteiger partial charge in [-0.3, -0.25) is 4.72 Å². The van der Waals surface area contributed by atoms with Gasteiger partial charge in [-0.05, 0) is 50.6 Å². The molecule has 0 aliphatic carbocycles. The molecular formula is C15H24FN3O4S2. The molecule has 1 fully saturated rings. The lowest BCUT2D eigenvalue weighted by Crippen LogP contribution is -2.30. The van der Waals surface area contributed by atoms with Crippen molar-refractivity contribution in [1.82, 2.24) is 9.62 Å². The smallest absolute Gasteiger partial charge is 0.243 e. The Hall–Kier alpha value is -1.23. The van der Waals surface area contributed by atoms with Gasteiger partial charge in [0.05, 0.1) is 16.3 Å². The van der Waals surface area contributed by atoms with Crippen molar-refractivity contribution >= 4 is 25.7 Å². The average molecular weight is 394 g/mol. The third-order valence-electron chi connectivity index (χ3n) is 4.06. The first-order chi connectivity index (χ1) is 11.7. The molecule has 1 atom stereocenters. The number of benzene rings is 1. The fraction of sp³-hybridized carbons (Fsp3) is 0.600. The minimum atomic E-state index is -3.79. The van der Waals surface area contributed by atoms with E-state index in [2.05, 4.69) is 10.0 Å². The van der Waals surface area contributed by atoms with Gasteiger partial charge in [-0.2, -0.15) is 4.31 Å². The maximum atomic E-state index is 14.2. The number of nitrogens with one attached hydrogen (secondary N) is 2. The molecule has 1 aliphatic rings. The number of halogens is 1. The highest BCUT2D eigenvalue weighted by Crippen LogP contribution is 2.26. The molecule has 0 saturated carbocycles. The Morgan fingerprint density at radius 3 is 2.60 bits per heavy atom. The second kappa shape index (κ2) is 7.98. The minimum Gasteiger partial charge on any atom is -0.319 e. The van der Waals surface area contributed by atoms with Gasteiger partial charge in [0.25, 0.3) is 0 Å². The fourth-order valence-electron chi connectivity index (χ4n) is 2.85. The van der Waals surface area contributed by atoms with Crippen LogP contribution in [0.4, 0.5) is 10.1 Å². The largest absolute Gasteiger partial charge is 0.319 e. The first-order valence-electron chi connectivity index (χ1n) is 8.14. The molecule has 1 aliphatic heterocycles. The van der Waals surface area contributed by atoms with Crippen molar-refractivity contribution < 1.29 is 21.2 Å². The summed E-state index contributed by atoms with van der Waals surface area (Å²) in [5, 5.41) is 3.02. The van der Waals surface area contributed by atoms with Crippen LogP contribution in [0.2, 0.25) is 0 Å². The van der Waals surface area contributed by atoms with Gasteiger partial charge >= 0.3 is 0 Å². The molecule has 142 valence electrons. The highest BCUT2D eigenvalue weighted by Gasteiger charge is 2.32. The van der Waals surface area contributed by atoms with Crippen molar-refractivity contribution in [3.8, 4) is 0 Å². The summed E-state index contributed by atoms with van der Waals surface area (Å²) in [6, 6.07) is 3.24. The lowest BCUT2D eigenvalue weighted by atomic mass is 10.1. The zero-order valence-corrected chi connectivity index (χ0v) is 16.0. The summed E-state index contributed by atoms with van der Waals surface area (Å²) in [6.07, 6.45) is 1.14. The number of anilines is 1. The van der Waals surface area contributed by atoms with Gasteiger partial charge in [0.15, 0.2) is 0 Å². The van der Waals surface area contributed by atoms with E-state index in [4.69, 9.17) is 0 Å². The predicted octanol–water partition coefficient (Wildman–Crippen LogP) is 1.21. The third kappa shape index (κ3) is 4.90. The summed E-state index contributed by atoms with van der Waals surface area (Å²) in [5.74, 6) is -0.816. The normalized spacial score (nSPS) is 19.2. The molecule has 25 heavy (non-hydrogen) atoms. The summed E-state index contributed by atoms with van der Waals surface area (Å²) < 4.78 is 66.4. The van der Waals surface area contributed by atoms with E-state index < -0.39 is 25.9 Å². The summed E-state index contributed by atoms with van der Waals surface area (Å²) in [7, 11) is -5.63. The Morgan fingerprint density at radius 2 is 2.00 bits per heavy atom. The predicted molar refractivity (Wildman–Crippen MR) is 94.9 cm³/mol. The molecule has 1 aromatic carbocycles. The maximum absolute atomic E-state index is 14.2. The Kier molecular flexibility index (Phi) is 6.41. The lowest BCUT2D eigenvalue weighted by molar-refractivity contribution is 0.450. The van der Waals surface area contributed by atoms with Crippen molar-refractivity contribution in [2.24, 2.45) is 5.92 Å². The standard InChI is InChI=1S/C15H24FN3O4S2/c1-3-8-24(20,21)18-15-5-4-13(9-14(15)16)25(22,23)19-7-6-12(11-19)10-17-2/h4-5,9,12,17-18H,3,6-8,10-11H2,1-2H3. The van der Waals surface area contributed by atoms with Gasteiger partial charge in [0, 0.05) is 13.1 Å². The molecule has 0 amide bonds. The van der Waals surface area contributed by atoms with E-state index in [1.54, 1.807) is 6.92 Å². The second-order valence-electron chi connectivity index (χ2n) is 6.14. The van der Waals surface area contributed by atoms with Crippen molar-refractivity contribution in [1.29, 1.82) is 0 Å². The zero-order chi connectivity index (χ0) is 18.7. The number of nitrogens with zero attached hydrogens (tertiary/aromatic N) is 1. The third-order valence-corrected chi connectivity index (χ3v) is 7.40. The number of hydrogen-bond acceptors (Lipinski definition) is 5. The van der Waals surface area contributed by atoms with Gasteiger partial charge in [-0.1, -0.05) is 6.92 Å². The van der Waals surface area contributed by atoms with Gasteiger partial charge < -0.3 is 5.32 Å². The van der Waals surface area contributed by atoms with E-state index >= 15 is 0 Å². The highest BCUT2D eigenvalue weighted by molar-refractivity contribution is 7.92. The first-order valence-corrected chi connectivity index (χ1v) is 11.2. The van der Waals surface area contributed by atoms with E-state index in [0.29, 0.717) is 19.5 Å². The van der Waals surface area contributed by atoms with E-state index in [1.165, 1.54) is 10.4 Å². The van der Waals surface area contributed by atoms with Crippen molar-refractivity contribution in [2.45, 2.75) is 24.7 Å². The molecule has 2 N–H and O–H groups in total. The summed E-state index contributed by atoms with van der Waals surface area (Å²) >= 11 is 0. The van der Waals surface area contributed by atoms with Crippen LogP contribution in [0.15, 0.2) is 23.1 Å². The first kappa shape index (κ1) is 20.1. The van der Waals surface area contributed by atoms with Crippen LogP contribution in [0.3, 0.4) is 0 Å². The van der Waals surface area contributed by atoms with E-state index in [0.717, 1.165) is 25.1 Å². The Balaban J connectivity index is 2.19. The lowest BCUT2D eigenvalue weighted by Gasteiger charge is -2.17. The van der Waals surface area contributed by atoms with Crippen LogP contribution in [0, 0.1) is 11.7 Å². The molecule has 1 unspecified atom stereocenters. The Morgan fingerprint density at radius 1 is 1.28 bits per heavy atom. The van der Waals surface area contributed by atoms with E-state index in [-0.39, 0.29) is 22.3 Å². The van der Waals surface area contributed by atoms with Crippen molar-refractivity contribution in [3.05, 3.63) is 24.0 Å². The topological polar surface area (TPSA) is 95.6 Å². The van der Waals surface area contributed by atoms with E-state index in [1.807, 2.05) is 7.05 Å². The SMILES string of the molecule is CCCS(=O)(=O)Nc1ccc(S(=O)(=O)N2CCC(CNC)C2)cc1F. The molecule has 7 nitrogen and oxygen atoms in total. The zero-order valence-electron chi connectivity index (χ0n) is 14.3. The van der Waals surface area contributed by atoms with Crippen LogP contribution < -0.4 is 10.0 Å². The molecule has 0 bridgehead atoms. The molecule has 2 rings (SSSR count). The Labute approximate surface area is 148 Å². The van der Waals surface area contributed by atoms with Crippen LogP contribution in [0.5, 0.6) is 0 Å². The van der Waals surface area contributed by atoms with E-state index in [9.17, 15) is 21.2 Å². The summed E-state index contributed by atoms with van der Waals surface area (Å²) in [4.78, 5) is -0.173. The quantitative estimate of drug-likeness (QED) is 0.692. The van der Waals surface area contributed by atoms with Crippen molar-refractivity contribution in [3.63, 3.8) is 0 Å². The molecule has 0 aromatic heterocycles. The average Bonchev–Trinajstić information content (AvgIpc) is 2.99. The Bertz CT molecular complexity index is 812. The van der Waals surface area contributed by atoms with Crippen LogP contribution in [0.25, 0.3) is 0 Å². The maximum Gasteiger partial charge on any atom is 0.243 e. The van der Waals surface area contributed by atoms with Gasteiger partial charge in [-0.15, -0.1) is 0 Å².